The number of unbranched alkanes of at least 4 members (excludes halogenated alkanes) is 37. The normalized spacial score (nSPS) is 13.8. The number of phosphoric acid groups is 2. The van der Waals surface area contributed by atoms with E-state index in [4.69, 9.17) is 18.1 Å². The molecule has 422 valence electrons. The van der Waals surface area contributed by atoms with Crippen molar-refractivity contribution >= 4 is 15.6 Å². The molecule has 0 amide bonds. The van der Waals surface area contributed by atoms with Crippen LogP contribution in [0, 0.1) is 0 Å². The van der Waals surface area contributed by atoms with Crippen LogP contribution in [0.25, 0.3) is 0 Å². The molecule has 0 rings (SSSR count). The fourth-order valence-electron chi connectivity index (χ4n) is 9.48. The van der Waals surface area contributed by atoms with Gasteiger partial charge < -0.3 is 19.6 Å². The SMILES string of the molecule is CCCCCCCCCN(CCCCCCCCCCCCCCCCOP(=O)(O)OCCCCCN(CCCCCCCC)CCCCCCCC)CCCCCOP(=O)(O)OCCCCCCC. The average molecular weight is 1040 g/mol. The summed E-state index contributed by atoms with van der Waals surface area (Å²) < 4.78 is 45.7. The molecule has 0 aromatic rings. The fraction of sp³-hybridized carbons (Fsp3) is 1.00. The Hall–Kier alpha value is 0.140. The molecule has 0 radical (unpaired) electrons. The first-order chi connectivity index (χ1) is 34.2. The summed E-state index contributed by atoms with van der Waals surface area (Å²) in [4.78, 5) is 25.5. The molecule has 2 atom stereocenters. The van der Waals surface area contributed by atoms with Gasteiger partial charge in [0, 0.05) is 0 Å². The molecule has 0 saturated heterocycles. The quantitative estimate of drug-likeness (QED) is 0.0450. The number of phosphoric ester groups is 2. The van der Waals surface area contributed by atoms with Gasteiger partial charge in [0.15, 0.2) is 0 Å². The first kappa shape index (κ1) is 70.1. The first-order valence-corrected chi connectivity index (χ1v) is 33.9. The van der Waals surface area contributed by atoms with E-state index in [0.29, 0.717) is 13.2 Å². The van der Waals surface area contributed by atoms with E-state index in [-0.39, 0.29) is 13.2 Å². The zero-order valence-corrected chi connectivity index (χ0v) is 49.1. The molecule has 0 aromatic carbocycles. The predicted octanol–water partition coefficient (Wildman–Crippen LogP) is 19.1. The maximum absolute atomic E-state index is 12.4. The van der Waals surface area contributed by atoms with Crippen LogP contribution in [-0.4, -0.2) is 85.3 Å². The molecule has 12 heteroatoms. The molecule has 0 aliphatic rings. The summed E-state index contributed by atoms with van der Waals surface area (Å²) in [5.74, 6) is 0. The molecule has 0 aliphatic heterocycles. The van der Waals surface area contributed by atoms with Crippen molar-refractivity contribution in [3.05, 3.63) is 0 Å². The number of rotatable bonds is 61. The lowest BCUT2D eigenvalue weighted by Gasteiger charge is -2.22. The van der Waals surface area contributed by atoms with Crippen molar-refractivity contribution in [2.24, 2.45) is 0 Å². The van der Waals surface area contributed by atoms with Gasteiger partial charge in [-0.3, -0.25) is 18.1 Å². The first-order valence-electron chi connectivity index (χ1n) is 30.9. The molecule has 0 bridgehead atoms. The zero-order valence-electron chi connectivity index (χ0n) is 47.3. The van der Waals surface area contributed by atoms with Crippen LogP contribution >= 0.6 is 15.6 Å². The van der Waals surface area contributed by atoms with E-state index in [1.54, 1.807) is 0 Å². The van der Waals surface area contributed by atoms with Crippen molar-refractivity contribution in [1.82, 2.24) is 9.80 Å². The molecule has 0 fully saturated rings. The monoisotopic (exact) mass is 1040 g/mol. The van der Waals surface area contributed by atoms with E-state index in [1.165, 1.54) is 232 Å². The van der Waals surface area contributed by atoms with Crippen LogP contribution in [0.2, 0.25) is 0 Å². The number of hydrogen-bond donors (Lipinski definition) is 2. The smallest absolute Gasteiger partial charge is 0.303 e. The van der Waals surface area contributed by atoms with Crippen molar-refractivity contribution in [2.75, 3.05) is 65.7 Å². The van der Waals surface area contributed by atoms with E-state index >= 15 is 0 Å². The van der Waals surface area contributed by atoms with Gasteiger partial charge in [-0.05, 0) is 116 Å². The van der Waals surface area contributed by atoms with Gasteiger partial charge in [-0.25, -0.2) is 9.13 Å². The maximum atomic E-state index is 12.4. The van der Waals surface area contributed by atoms with Crippen LogP contribution in [0.1, 0.15) is 310 Å². The summed E-state index contributed by atoms with van der Waals surface area (Å²) in [6.45, 7) is 17.2. The lowest BCUT2D eigenvalue weighted by molar-refractivity contribution is 0.143. The number of nitrogens with zero attached hydrogens (tertiary/aromatic N) is 2. The Kier molecular flexibility index (Phi) is 55.5. The lowest BCUT2D eigenvalue weighted by Crippen LogP contribution is -2.27. The van der Waals surface area contributed by atoms with E-state index in [9.17, 15) is 18.9 Å². The molecule has 70 heavy (non-hydrogen) atoms. The Labute approximate surface area is 436 Å². The highest BCUT2D eigenvalue weighted by Crippen LogP contribution is 2.44. The van der Waals surface area contributed by atoms with Gasteiger partial charge in [-0.2, -0.15) is 0 Å². The minimum absolute atomic E-state index is 0.284. The Morgan fingerprint density at radius 1 is 0.243 bits per heavy atom. The van der Waals surface area contributed by atoms with E-state index in [0.717, 1.165) is 90.1 Å². The van der Waals surface area contributed by atoms with Crippen LogP contribution in [0.5, 0.6) is 0 Å². The number of hydrogen-bond acceptors (Lipinski definition) is 8. The molecule has 10 nitrogen and oxygen atoms in total. The van der Waals surface area contributed by atoms with E-state index < -0.39 is 15.6 Å². The summed E-state index contributed by atoms with van der Waals surface area (Å²) in [5.41, 5.74) is 0. The average Bonchev–Trinajstić information content (AvgIpc) is 3.34. The molecular weight excluding hydrogens is 915 g/mol. The van der Waals surface area contributed by atoms with Crippen molar-refractivity contribution < 1.29 is 37.0 Å². The van der Waals surface area contributed by atoms with Crippen molar-refractivity contribution in [3.8, 4) is 0 Å². The van der Waals surface area contributed by atoms with Gasteiger partial charge in [0.25, 0.3) is 0 Å². The van der Waals surface area contributed by atoms with Gasteiger partial charge in [-0.1, -0.05) is 233 Å². The highest BCUT2D eigenvalue weighted by Gasteiger charge is 2.21. The van der Waals surface area contributed by atoms with Gasteiger partial charge in [0.05, 0.1) is 26.4 Å². The lowest BCUT2D eigenvalue weighted by atomic mass is 10.0. The standard InChI is InChI=1S/C58H122N2O8P2/c1-5-9-13-17-28-33-41-51-60(54-44-38-47-57-67-69(61,62)65-55-45-35-16-12-8-4)52-42-34-29-26-24-22-20-21-23-25-27-30-36-46-56-66-70(63,64)68-58-48-37-43-53-59(49-39-31-18-14-10-6-2)50-40-32-19-15-11-7-3/h5-58H2,1-4H3,(H,61,62)(H,63,64). The van der Waals surface area contributed by atoms with E-state index in [1.807, 2.05) is 0 Å². The second-order valence-electron chi connectivity index (χ2n) is 21.1. The third kappa shape index (κ3) is 54.4. The van der Waals surface area contributed by atoms with Gasteiger partial charge in [0.1, 0.15) is 0 Å². The van der Waals surface area contributed by atoms with Crippen molar-refractivity contribution in [2.45, 2.75) is 310 Å². The maximum Gasteiger partial charge on any atom is 0.472 e. The highest BCUT2D eigenvalue weighted by atomic mass is 31.2. The van der Waals surface area contributed by atoms with Gasteiger partial charge in [0.2, 0.25) is 0 Å². The minimum atomic E-state index is -3.96. The highest BCUT2D eigenvalue weighted by molar-refractivity contribution is 7.47. The Balaban J connectivity index is 3.98. The summed E-state index contributed by atoms with van der Waals surface area (Å²) in [7, 11) is -7.89. The van der Waals surface area contributed by atoms with Gasteiger partial charge in [-0.15, -0.1) is 0 Å². The largest absolute Gasteiger partial charge is 0.472 e. The van der Waals surface area contributed by atoms with Crippen molar-refractivity contribution in [1.29, 1.82) is 0 Å². The minimum Gasteiger partial charge on any atom is -0.303 e. The summed E-state index contributed by atoms with van der Waals surface area (Å²) in [6.07, 6.45) is 54.1. The van der Waals surface area contributed by atoms with E-state index in [2.05, 4.69) is 37.5 Å². The van der Waals surface area contributed by atoms with Crippen LogP contribution in [0.4, 0.5) is 0 Å². The van der Waals surface area contributed by atoms with Crippen LogP contribution < -0.4 is 0 Å². The molecule has 0 heterocycles. The van der Waals surface area contributed by atoms with Crippen LogP contribution in [0.15, 0.2) is 0 Å². The summed E-state index contributed by atoms with van der Waals surface area (Å²) in [6, 6.07) is 0. The summed E-state index contributed by atoms with van der Waals surface area (Å²) in [5, 5.41) is 0. The molecule has 2 unspecified atom stereocenters. The molecular formula is C58H122N2O8P2. The zero-order chi connectivity index (χ0) is 51.2. The Morgan fingerprint density at radius 2 is 0.386 bits per heavy atom. The van der Waals surface area contributed by atoms with Gasteiger partial charge >= 0.3 is 15.6 Å². The third-order valence-corrected chi connectivity index (χ3v) is 16.1. The molecule has 2 N–H and O–H groups in total. The molecule has 0 saturated carbocycles. The fourth-order valence-corrected chi connectivity index (χ4v) is 11.1. The topological polar surface area (TPSA) is 118 Å². The predicted molar refractivity (Wildman–Crippen MR) is 302 cm³/mol. The van der Waals surface area contributed by atoms with Crippen molar-refractivity contribution in [3.63, 3.8) is 0 Å². The third-order valence-electron chi connectivity index (χ3n) is 14.1. The van der Waals surface area contributed by atoms with Crippen LogP contribution in [-0.2, 0) is 27.2 Å². The summed E-state index contributed by atoms with van der Waals surface area (Å²) >= 11 is 0. The second-order valence-corrected chi connectivity index (χ2v) is 24.0. The second kappa shape index (κ2) is 55.4. The molecule has 0 aliphatic carbocycles. The van der Waals surface area contributed by atoms with Crippen LogP contribution in [0.3, 0.4) is 0 Å². The molecule has 0 spiro atoms. The Morgan fingerprint density at radius 3 is 0.571 bits per heavy atom. The Bertz CT molecular complexity index is 1110. The molecule has 0 aromatic heterocycles.